The summed E-state index contributed by atoms with van der Waals surface area (Å²) in [4.78, 5) is 15.4. The summed E-state index contributed by atoms with van der Waals surface area (Å²) in [7, 11) is 0. The van der Waals surface area contributed by atoms with Crippen LogP contribution in [0, 0.1) is 0 Å². The average Bonchev–Trinajstić information content (AvgIpc) is 2.39. The molecular weight excluding hydrogens is 376 g/mol. The molecule has 4 nitrogen and oxygen atoms in total. The second-order valence-electron chi connectivity index (χ2n) is 3.82. The lowest BCUT2D eigenvalue weighted by Crippen LogP contribution is -2.21. The maximum Gasteiger partial charge on any atom is 0.332 e. The molecular formula is C13H10Br2N2O2. The largest absolute Gasteiger partial charge is 0.479 e. The van der Waals surface area contributed by atoms with Gasteiger partial charge in [-0.05, 0) is 52.3 Å². The SMILES string of the molecule is O=C(O)C(Nc1ccc(Br)cc1)c1ccc(Br)cn1. The summed E-state index contributed by atoms with van der Waals surface area (Å²) in [5, 5.41) is 12.2. The minimum atomic E-state index is -0.974. The fraction of sp³-hybridized carbons (Fsp3) is 0.0769. The monoisotopic (exact) mass is 384 g/mol. The molecule has 0 fully saturated rings. The first-order valence-electron chi connectivity index (χ1n) is 5.42. The summed E-state index contributed by atoms with van der Waals surface area (Å²) < 4.78 is 1.75. The standard InChI is InChI=1S/C13H10Br2N2O2/c14-8-1-4-10(5-2-8)17-12(13(18)19)11-6-3-9(15)7-16-11/h1-7,12,17H,(H,18,19). The Morgan fingerprint density at radius 3 is 2.26 bits per heavy atom. The second kappa shape index (κ2) is 6.16. The van der Waals surface area contributed by atoms with Crippen molar-refractivity contribution in [2.45, 2.75) is 6.04 Å². The van der Waals surface area contributed by atoms with Crippen molar-refractivity contribution in [2.75, 3.05) is 5.32 Å². The van der Waals surface area contributed by atoms with E-state index in [0.717, 1.165) is 14.6 Å². The van der Waals surface area contributed by atoms with Crippen LogP contribution < -0.4 is 5.32 Å². The van der Waals surface area contributed by atoms with E-state index in [4.69, 9.17) is 0 Å². The quantitative estimate of drug-likeness (QED) is 0.839. The van der Waals surface area contributed by atoms with Gasteiger partial charge in [0.1, 0.15) is 0 Å². The third-order valence-electron chi connectivity index (χ3n) is 2.45. The van der Waals surface area contributed by atoms with Gasteiger partial charge in [0.2, 0.25) is 0 Å². The maximum atomic E-state index is 11.3. The van der Waals surface area contributed by atoms with Gasteiger partial charge in [0.25, 0.3) is 0 Å². The normalized spacial score (nSPS) is 11.9. The van der Waals surface area contributed by atoms with E-state index < -0.39 is 12.0 Å². The van der Waals surface area contributed by atoms with E-state index >= 15 is 0 Å². The molecule has 6 heteroatoms. The third kappa shape index (κ3) is 3.78. The molecule has 1 aromatic carbocycles. The van der Waals surface area contributed by atoms with E-state index in [0.29, 0.717) is 5.69 Å². The molecule has 2 aromatic rings. The fourth-order valence-corrected chi connectivity index (χ4v) is 2.03. The maximum absolute atomic E-state index is 11.3. The molecule has 2 N–H and O–H groups in total. The van der Waals surface area contributed by atoms with Crippen molar-refractivity contribution >= 4 is 43.5 Å². The van der Waals surface area contributed by atoms with Gasteiger partial charge in [-0.2, -0.15) is 0 Å². The van der Waals surface area contributed by atoms with Gasteiger partial charge in [0.05, 0.1) is 5.69 Å². The molecule has 0 aliphatic carbocycles. The van der Waals surface area contributed by atoms with Crippen LogP contribution in [0.25, 0.3) is 0 Å². The number of nitrogens with zero attached hydrogens (tertiary/aromatic N) is 1. The molecule has 98 valence electrons. The molecule has 0 radical (unpaired) electrons. The highest BCUT2D eigenvalue weighted by atomic mass is 79.9. The molecule has 0 spiro atoms. The molecule has 0 saturated heterocycles. The lowest BCUT2D eigenvalue weighted by Gasteiger charge is -2.15. The summed E-state index contributed by atoms with van der Waals surface area (Å²) in [6, 6.07) is 9.86. The Morgan fingerprint density at radius 2 is 1.74 bits per heavy atom. The average molecular weight is 386 g/mol. The van der Waals surface area contributed by atoms with Crippen LogP contribution in [-0.4, -0.2) is 16.1 Å². The predicted molar refractivity (Wildman–Crippen MR) is 80.1 cm³/mol. The highest BCUT2D eigenvalue weighted by Crippen LogP contribution is 2.21. The first-order valence-corrected chi connectivity index (χ1v) is 7.01. The van der Waals surface area contributed by atoms with Crippen molar-refractivity contribution < 1.29 is 9.90 Å². The van der Waals surface area contributed by atoms with Crippen molar-refractivity contribution in [2.24, 2.45) is 0 Å². The van der Waals surface area contributed by atoms with Gasteiger partial charge in [-0.1, -0.05) is 15.9 Å². The Bertz CT molecular complexity index is 570. The van der Waals surface area contributed by atoms with Crippen LogP contribution >= 0.6 is 31.9 Å². The number of carbonyl (C=O) groups is 1. The van der Waals surface area contributed by atoms with E-state index in [1.807, 2.05) is 12.1 Å². The Labute approximate surface area is 127 Å². The lowest BCUT2D eigenvalue weighted by molar-refractivity contribution is -0.138. The zero-order valence-corrected chi connectivity index (χ0v) is 12.8. The van der Waals surface area contributed by atoms with Gasteiger partial charge in [-0.3, -0.25) is 4.98 Å². The number of rotatable bonds is 4. The van der Waals surface area contributed by atoms with Gasteiger partial charge in [0.15, 0.2) is 6.04 Å². The number of halogens is 2. The smallest absolute Gasteiger partial charge is 0.332 e. The van der Waals surface area contributed by atoms with E-state index in [2.05, 4.69) is 42.2 Å². The number of carboxylic acid groups (broad SMARTS) is 1. The van der Waals surface area contributed by atoms with E-state index in [1.165, 1.54) is 0 Å². The minimum absolute atomic E-state index is 0.457. The third-order valence-corrected chi connectivity index (χ3v) is 3.45. The molecule has 0 amide bonds. The number of anilines is 1. The van der Waals surface area contributed by atoms with Crippen molar-refractivity contribution in [3.63, 3.8) is 0 Å². The molecule has 19 heavy (non-hydrogen) atoms. The van der Waals surface area contributed by atoms with Gasteiger partial charge in [0, 0.05) is 20.8 Å². The summed E-state index contributed by atoms with van der Waals surface area (Å²) in [5.74, 6) is -0.974. The zero-order chi connectivity index (χ0) is 13.8. The number of aromatic nitrogens is 1. The summed E-state index contributed by atoms with van der Waals surface area (Å²) in [6.45, 7) is 0. The summed E-state index contributed by atoms with van der Waals surface area (Å²) in [5.41, 5.74) is 1.18. The van der Waals surface area contributed by atoms with Crippen molar-refractivity contribution in [1.82, 2.24) is 4.98 Å². The van der Waals surface area contributed by atoms with Crippen LogP contribution in [0.5, 0.6) is 0 Å². The van der Waals surface area contributed by atoms with Crippen molar-refractivity contribution in [1.29, 1.82) is 0 Å². The van der Waals surface area contributed by atoms with E-state index in [-0.39, 0.29) is 0 Å². The number of carboxylic acids is 1. The van der Waals surface area contributed by atoms with Crippen LogP contribution in [0.1, 0.15) is 11.7 Å². The van der Waals surface area contributed by atoms with Crippen LogP contribution in [0.2, 0.25) is 0 Å². The molecule has 1 heterocycles. The van der Waals surface area contributed by atoms with Crippen LogP contribution in [0.15, 0.2) is 51.5 Å². The Balaban J connectivity index is 2.23. The zero-order valence-electron chi connectivity index (χ0n) is 9.68. The number of nitrogens with one attached hydrogen (secondary N) is 1. The molecule has 1 aromatic heterocycles. The number of benzene rings is 1. The number of hydrogen-bond donors (Lipinski definition) is 2. The Hall–Kier alpha value is -1.40. The van der Waals surface area contributed by atoms with Crippen molar-refractivity contribution in [3.8, 4) is 0 Å². The molecule has 0 bridgehead atoms. The molecule has 2 rings (SSSR count). The van der Waals surface area contributed by atoms with Crippen molar-refractivity contribution in [3.05, 3.63) is 57.2 Å². The molecule has 1 atom stereocenters. The van der Waals surface area contributed by atoms with Gasteiger partial charge < -0.3 is 10.4 Å². The Morgan fingerprint density at radius 1 is 1.11 bits per heavy atom. The van der Waals surface area contributed by atoms with Gasteiger partial charge in [-0.15, -0.1) is 0 Å². The predicted octanol–water partition coefficient (Wildman–Crippen LogP) is 3.84. The minimum Gasteiger partial charge on any atom is -0.479 e. The molecule has 0 aliphatic heterocycles. The summed E-state index contributed by atoms with van der Waals surface area (Å²) in [6.07, 6.45) is 1.58. The number of pyridine rings is 1. The van der Waals surface area contributed by atoms with Gasteiger partial charge >= 0.3 is 5.97 Å². The van der Waals surface area contributed by atoms with Crippen LogP contribution in [0.4, 0.5) is 5.69 Å². The highest BCUT2D eigenvalue weighted by molar-refractivity contribution is 9.10. The first kappa shape index (κ1) is 14.0. The topological polar surface area (TPSA) is 62.2 Å². The highest BCUT2D eigenvalue weighted by Gasteiger charge is 2.20. The Kier molecular flexibility index (Phi) is 4.55. The molecule has 0 saturated carbocycles. The van der Waals surface area contributed by atoms with E-state index in [1.54, 1.807) is 30.5 Å². The second-order valence-corrected chi connectivity index (χ2v) is 5.66. The number of hydrogen-bond acceptors (Lipinski definition) is 3. The molecule has 1 unspecified atom stereocenters. The van der Waals surface area contributed by atoms with Crippen LogP contribution in [0.3, 0.4) is 0 Å². The number of aliphatic carboxylic acids is 1. The first-order chi connectivity index (χ1) is 9.06. The van der Waals surface area contributed by atoms with Gasteiger partial charge in [-0.25, -0.2) is 4.79 Å². The molecule has 0 aliphatic rings. The fourth-order valence-electron chi connectivity index (χ4n) is 1.53. The van der Waals surface area contributed by atoms with E-state index in [9.17, 15) is 9.90 Å². The lowest BCUT2D eigenvalue weighted by atomic mass is 10.1. The summed E-state index contributed by atoms with van der Waals surface area (Å²) >= 11 is 6.60. The van der Waals surface area contributed by atoms with Crippen LogP contribution in [-0.2, 0) is 4.79 Å².